The van der Waals surface area contributed by atoms with E-state index < -0.39 is 0 Å². The number of carbonyl (C=O) groups excluding carboxylic acids is 3. The van der Waals surface area contributed by atoms with Crippen LogP contribution in [0.4, 0.5) is 0 Å². The molecule has 0 fully saturated rings. The van der Waals surface area contributed by atoms with Gasteiger partial charge in [-0.2, -0.15) is 0 Å². The molecule has 0 atom stereocenters. The Morgan fingerprint density at radius 3 is 2.39 bits per heavy atom. The first kappa shape index (κ1) is 18.0. The average Bonchev–Trinajstić information content (AvgIpc) is 3.30. The molecule has 0 bridgehead atoms. The Hall–Kier alpha value is -3.39. The van der Waals surface area contributed by atoms with Gasteiger partial charge in [0.25, 0.3) is 11.8 Å². The third-order valence-electron chi connectivity index (χ3n) is 4.41. The highest BCUT2D eigenvalue weighted by Crippen LogP contribution is 2.23. The van der Waals surface area contributed by atoms with Crippen LogP contribution in [0.1, 0.15) is 32.1 Å². The number of nitrogens with zero attached hydrogens (tertiary/aromatic N) is 3. The number of hydrogen-bond donors (Lipinski definition) is 1. The largest absolute Gasteiger partial charge is 0.350 e. The molecule has 140 valence electrons. The maximum Gasteiger partial charge on any atom is 0.261 e. The average molecular weight is 392 g/mol. The van der Waals surface area contributed by atoms with Gasteiger partial charge in [0.2, 0.25) is 5.91 Å². The van der Waals surface area contributed by atoms with Gasteiger partial charge in [-0.3, -0.25) is 24.3 Å². The van der Waals surface area contributed by atoms with Crippen molar-refractivity contribution >= 4 is 29.1 Å². The number of hydrogen-bond acceptors (Lipinski definition) is 6. The van der Waals surface area contributed by atoms with E-state index in [1.807, 2.05) is 17.5 Å². The second-order valence-electron chi connectivity index (χ2n) is 6.20. The molecule has 3 heterocycles. The third-order valence-corrected chi connectivity index (χ3v) is 5.25. The first-order valence-corrected chi connectivity index (χ1v) is 9.58. The molecule has 0 radical (unpaired) electrons. The van der Waals surface area contributed by atoms with E-state index in [2.05, 4.69) is 15.3 Å². The summed E-state index contributed by atoms with van der Waals surface area (Å²) in [4.78, 5) is 46.3. The Morgan fingerprint density at radius 1 is 1.04 bits per heavy atom. The molecule has 0 saturated heterocycles. The number of pyridine rings is 1. The normalized spacial score (nSPS) is 12.9. The Labute approximate surface area is 165 Å². The summed E-state index contributed by atoms with van der Waals surface area (Å²) in [7, 11) is 0. The first-order chi connectivity index (χ1) is 13.6. The molecule has 1 N–H and O–H groups in total. The summed E-state index contributed by atoms with van der Waals surface area (Å²) in [6, 6.07) is 10.4. The molecule has 4 rings (SSSR count). The Bertz CT molecular complexity index is 1010. The number of amides is 3. The second kappa shape index (κ2) is 7.69. The van der Waals surface area contributed by atoms with Gasteiger partial charge >= 0.3 is 0 Å². The quantitative estimate of drug-likeness (QED) is 0.651. The molecule has 1 aliphatic rings. The van der Waals surface area contributed by atoms with E-state index >= 15 is 0 Å². The molecular weight excluding hydrogens is 376 g/mol. The highest BCUT2D eigenvalue weighted by atomic mass is 32.1. The van der Waals surface area contributed by atoms with Gasteiger partial charge in [-0.15, -0.1) is 11.3 Å². The van der Waals surface area contributed by atoms with Crippen molar-refractivity contribution in [3.63, 3.8) is 0 Å². The van der Waals surface area contributed by atoms with Crippen molar-refractivity contribution in [3.8, 4) is 11.3 Å². The lowest BCUT2D eigenvalue weighted by molar-refractivity contribution is -0.121. The highest BCUT2D eigenvalue weighted by Gasteiger charge is 2.34. The maximum atomic E-state index is 12.3. The Kier molecular flexibility index (Phi) is 4.94. The number of benzene rings is 1. The van der Waals surface area contributed by atoms with Gasteiger partial charge < -0.3 is 5.32 Å². The topological polar surface area (TPSA) is 92.3 Å². The van der Waals surface area contributed by atoms with Gasteiger partial charge in [-0.1, -0.05) is 12.1 Å². The molecular formula is C20H16N4O3S. The minimum atomic E-state index is -0.352. The van der Waals surface area contributed by atoms with Gasteiger partial charge in [0.1, 0.15) is 5.01 Å². The molecule has 1 aromatic carbocycles. The van der Waals surface area contributed by atoms with Crippen LogP contribution >= 0.6 is 11.3 Å². The summed E-state index contributed by atoms with van der Waals surface area (Å²) >= 11 is 1.46. The summed E-state index contributed by atoms with van der Waals surface area (Å²) in [5, 5.41) is 5.49. The minimum Gasteiger partial charge on any atom is -0.350 e. The molecule has 8 heteroatoms. The predicted octanol–water partition coefficient (Wildman–Crippen LogP) is 2.51. The number of rotatable bonds is 6. The van der Waals surface area contributed by atoms with Crippen LogP contribution in [0.2, 0.25) is 0 Å². The molecule has 0 spiro atoms. The van der Waals surface area contributed by atoms with Crippen molar-refractivity contribution in [2.24, 2.45) is 0 Å². The van der Waals surface area contributed by atoms with E-state index in [0.29, 0.717) is 17.7 Å². The molecule has 28 heavy (non-hydrogen) atoms. The van der Waals surface area contributed by atoms with Gasteiger partial charge in [-0.05, 0) is 24.3 Å². The van der Waals surface area contributed by atoms with Crippen LogP contribution in [0, 0.1) is 0 Å². The van der Waals surface area contributed by atoms with Crippen molar-refractivity contribution < 1.29 is 14.4 Å². The first-order valence-electron chi connectivity index (χ1n) is 8.70. The van der Waals surface area contributed by atoms with Crippen molar-refractivity contribution in [1.29, 1.82) is 0 Å². The van der Waals surface area contributed by atoms with E-state index in [1.165, 1.54) is 11.3 Å². The zero-order valence-electron chi connectivity index (χ0n) is 14.8. The van der Waals surface area contributed by atoms with Crippen molar-refractivity contribution in [3.05, 3.63) is 70.3 Å². The van der Waals surface area contributed by atoms with Gasteiger partial charge in [0.05, 0.1) is 23.4 Å². The highest BCUT2D eigenvalue weighted by molar-refractivity contribution is 7.09. The number of carbonyl (C=O) groups is 3. The molecule has 3 aromatic rings. The van der Waals surface area contributed by atoms with Crippen molar-refractivity contribution in [2.75, 3.05) is 6.54 Å². The lowest BCUT2D eigenvalue weighted by Crippen LogP contribution is -2.34. The monoisotopic (exact) mass is 392 g/mol. The molecule has 0 unspecified atom stereocenters. The Morgan fingerprint density at radius 2 is 1.71 bits per heavy atom. The number of aromatic nitrogens is 2. The smallest absolute Gasteiger partial charge is 0.261 e. The lowest BCUT2D eigenvalue weighted by atomic mass is 10.1. The van der Waals surface area contributed by atoms with Crippen molar-refractivity contribution in [1.82, 2.24) is 20.2 Å². The second-order valence-corrected chi connectivity index (χ2v) is 7.14. The summed E-state index contributed by atoms with van der Waals surface area (Å²) < 4.78 is 0. The molecule has 1 aliphatic heterocycles. The minimum absolute atomic E-state index is 0.0497. The van der Waals surface area contributed by atoms with E-state index in [9.17, 15) is 14.4 Å². The number of imide groups is 1. The van der Waals surface area contributed by atoms with E-state index in [1.54, 1.807) is 36.7 Å². The van der Waals surface area contributed by atoms with E-state index in [0.717, 1.165) is 21.2 Å². The van der Waals surface area contributed by atoms with Gasteiger partial charge in [-0.25, -0.2) is 4.98 Å². The molecule has 0 aliphatic carbocycles. The van der Waals surface area contributed by atoms with E-state index in [-0.39, 0.29) is 30.7 Å². The fourth-order valence-electron chi connectivity index (χ4n) is 2.97. The summed E-state index contributed by atoms with van der Waals surface area (Å²) in [6.45, 7) is 0.356. The molecule has 7 nitrogen and oxygen atoms in total. The number of fused-ring (bicyclic) bond motifs is 1. The number of thiazole rings is 1. The Balaban J connectivity index is 1.30. The molecule has 2 aromatic heterocycles. The van der Waals surface area contributed by atoms with Crippen LogP contribution in [-0.4, -0.2) is 39.1 Å². The zero-order valence-corrected chi connectivity index (χ0v) is 15.6. The van der Waals surface area contributed by atoms with Gasteiger partial charge in [0.15, 0.2) is 0 Å². The van der Waals surface area contributed by atoms with Crippen molar-refractivity contribution in [2.45, 2.75) is 13.0 Å². The van der Waals surface area contributed by atoms with Gasteiger partial charge in [0, 0.05) is 36.3 Å². The maximum absolute atomic E-state index is 12.3. The van der Waals surface area contributed by atoms with Crippen LogP contribution in [0.3, 0.4) is 0 Å². The molecule has 0 saturated carbocycles. The summed E-state index contributed by atoms with van der Waals surface area (Å²) in [5.74, 6) is -0.942. The number of nitrogens with one attached hydrogen (secondary N) is 1. The SMILES string of the molecule is O=C(CCN1C(=O)c2ccccc2C1=O)NCc1nc(-c2ccncc2)cs1. The molecule has 3 amide bonds. The fourth-order valence-corrected chi connectivity index (χ4v) is 3.71. The van der Waals surface area contributed by atoms with E-state index in [4.69, 9.17) is 0 Å². The van der Waals surface area contributed by atoms with Crippen LogP contribution in [0.5, 0.6) is 0 Å². The summed E-state index contributed by atoms with van der Waals surface area (Å²) in [5.41, 5.74) is 2.58. The van der Waals surface area contributed by atoms with Crippen LogP contribution in [0.25, 0.3) is 11.3 Å². The third kappa shape index (κ3) is 3.54. The fraction of sp³-hybridized carbons (Fsp3) is 0.150. The van der Waals surface area contributed by atoms with Crippen LogP contribution in [-0.2, 0) is 11.3 Å². The summed E-state index contributed by atoms with van der Waals surface area (Å²) in [6.07, 6.45) is 3.46. The van der Waals surface area contributed by atoms with Crippen LogP contribution < -0.4 is 5.32 Å². The lowest BCUT2D eigenvalue weighted by Gasteiger charge is -2.13. The predicted molar refractivity (Wildman–Crippen MR) is 104 cm³/mol. The zero-order chi connectivity index (χ0) is 19.5. The standard InChI is InChI=1S/C20H16N4O3S/c25-17(7-10-24-19(26)14-3-1-2-4-15(14)20(24)27)22-11-18-23-16(12-28-18)13-5-8-21-9-6-13/h1-6,8-9,12H,7,10-11H2,(H,22,25). The van der Waals surface area contributed by atoms with Crippen LogP contribution in [0.15, 0.2) is 54.2 Å².